The van der Waals surface area contributed by atoms with Gasteiger partial charge in [-0.1, -0.05) is 19.9 Å². The van der Waals surface area contributed by atoms with Crippen LogP contribution in [0.25, 0.3) is 0 Å². The molecule has 0 spiro atoms. The summed E-state index contributed by atoms with van der Waals surface area (Å²) < 4.78 is 4.70. The van der Waals surface area contributed by atoms with Crippen LogP contribution in [0.15, 0.2) is 23.8 Å². The second-order valence-corrected chi connectivity index (χ2v) is 7.32. The van der Waals surface area contributed by atoms with Crippen molar-refractivity contribution in [3.05, 3.63) is 40.5 Å². The van der Waals surface area contributed by atoms with Gasteiger partial charge in [-0.05, 0) is 68.1 Å². The number of carbonyl (C=O) groups is 2. The molecule has 0 bridgehead atoms. The number of phenols is 1. The number of phenolic OH excluding ortho intramolecular Hbond substituents is 1. The zero-order valence-electron chi connectivity index (χ0n) is 15.9. The van der Waals surface area contributed by atoms with E-state index in [0.717, 1.165) is 36.8 Å². The second-order valence-electron chi connectivity index (χ2n) is 7.32. The minimum absolute atomic E-state index is 0.0886. The fraction of sp³-hybridized carbons (Fsp3) is 0.524. The van der Waals surface area contributed by atoms with E-state index in [-0.39, 0.29) is 29.1 Å². The summed E-state index contributed by atoms with van der Waals surface area (Å²) >= 11 is 0. The average molecular weight is 360 g/mol. The number of carboxylic acids is 1. The SMILES string of the molecule is COC(=O)C(C)=CCCC(C)C1CCC(C)c2c(O)cc(C(=O)O)cc21. The molecule has 2 N–H and O–H groups in total. The van der Waals surface area contributed by atoms with E-state index in [0.29, 0.717) is 11.5 Å². The molecule has 5 heteroatoms. The number of allylic oxidation sites excluding steroid dienone is 1. The van der Waals surface area contributed by atoms with Crippen LogP contribution in [0.5, 0.6) is 5.75 Å². The minimum Gasteiger partial charge on any atom is -0.508 e. The third kappa shape index (κ3) is 4.26. The summed E-state index contributed by atoms with van der Waals surface area (Å²) in [5.41, 5.74) is 2.58. The number of methoxy groups -OCH3 is 1. The first-order valence-electron chi connectivity index (χ1n) is 9.11. The molecule has 1 aliphatic rings. The number of hydrogen-bond acceptors (Lipinski definition) is 4. The lowest BCUT2D eigenvalue weighted by atomic mass is 9.71. The number of hydrogen-bond donors (Lipinski definition) is 2. The fourth-order valence-electron chi connectivity index (χ4n) is 3.96. The molecule has 0 saturated heterocycles. The summed E-state index contributed by atoms with van der Waals surface area (Å²) in [5, 5.41) is 19.7. The monoisotopic (exact) mass is 360 g/mol. The summed E-state index contributed by atoms with van der Waals surface area (Å²) in [6.45, 7) is 5.96. The van der Waals surface area contributed by atoms with E-state index < -0.39 is 5.97 Å². The summed E-state index contributed by atoms with van der Waals surface area (Å²) in [7, 11) is 1.37. The Morgan fingerprint density at radius 1 is 1.35 bits per heavy atom. The minimum atomic E-state index is -1.02. The van der Waals surface area contributed by atoms with Gasteiger partial charge in [0.25, 0.3) is 0 Å². The third-order valence-electron chi connectivity index (χ3n) is 5.51. The maximum Gasteiger partial charge on any atom is 0.335 e. The summed E-state index contributed by atoms with van der Waals surface area (Å²) in [4.78, 5) is 22.8. The number of rotatable bonds is 6. The van der Waals surface area contributed by atoms with Crippen LogP contribution >= 0.6 is 0 Å². The van der Waals surface area contributed by atoms with E-state index in [9.17, 15) is 19.8 Å². The molecule has 0 fully saturated rings. The smallest absolute Gasteiger partial charge is 0.335 e. The van der Waals surface area contributed by atoms with Gasteiger partial charge in [0.05, 0.1) is 12.7 Å². The molecule has 0 radical (unpaired) electrons. The number of aromatic hydroxyl groups is 1. The van der Waals surface area contributed by atoms with Gasteiger partial charge in [-0.25, -0.2) is 9.59 Å². The molecular weight excluding hydrogens is 332 g/mol. The largest absolute Gasteiger partial charge is 0.508 e. The van der Waals surface area contributed by atoms with Gasteiger partial charge in [-0.2, -0.15) is 0 Å². The molecular formula is C21H28O5. The van der Waals surface area contributed by atoms with E-state index in [4.69, 9.17) is 4.74 Å². The van der Waals surface area contributed by atoms with Crippen LogP contribution in [0.4, 0.5) is 0 Å². The first kappa shape index (κ1) is 20.0. The van der Waals surface area contributed by atoms with Crippen LogP contribution in [0.3, 0.4) is 0 Å². The molecule has 0 saturated carbocycles. The summed E-state index contributed by atoms with van der Waals surface area (Å²) in [6.07, 6.45) is 5.47. The molecule has 0 aliphatic heterocycles. The lowest BCUT2D eigenvalue weighted by molar-refractivity contribution is -0.136. The number of fused-ring (bicyclic) bond motifs is 1. The molecule has 0 heterocycles. The zero-order chi connectivity index (χ0) is 19.4. The van der Waals surface area contributed by atoms with Crippen LogP contribution in [-0.4, -0.2) is 29.3 Å². The Kier molecular flexibility index (Phi) is 6.46. The van der Waals surface area contributed by atoms with Crippen LogP contribution in [0.2, 0.25) is 0 Å². The predicted molar refractivity (Wildman–Crippen MR) is 99.6 cm³/mol. The highest BCUT2D eigenvalue weighted by molar-refractivity contribution is 5.89. The third-order valence-corrected chi connectivity index (χ3v) is 5.51. The Hall–Kier alpha value is -2.30. The van der Waals surface area contributed by atoms with Crippen molar-refractivity contribution in [2.24, 2.45) is 5.92 Å². The molecule has 5 nitrogen and oxygen atoms in total. The van der Waals surface area contributed by atoms with Gasteiger partial charge < -0.3 is 14.9 Å². The Morgan fingerprint density at radius 3 is 2.65 bits per heavy atom. The van der Waals surface area contributed by atoms with E-state index in [1.165, 1.54) is 13.2 Å². The molecule has 1 aromatic rings. The standard InChI is InChI=1S/C21H28O5/c1-12(6-5-7-14(3)21(25)26-4)16-9-8-13(2)19-17(16)10-15(20(23)24)11-18(19)22/h7,10-13,16,22H,5-6,8-9H2,1-4H3,(H,23,24). The predicted octanol–water partition coefficient (Wildman–Crippen LogP) is 4.61. The van der Waals surface area contributed by atoms with Gasteiger partial charge in [0.2, 0.25) is 0 Å². The van der Waals surface area contributed by atoms with Crippen LogP contribution in [0, 0.1) is 5.92 Å². The van der Waals surface area contributed by atoms with Gasteiger partial charge in [-0.3, -0.25) is 0 Å². The van der Waals surface area contributed by atoms with Gasteiger partial charge >= 0.3 is 11.9 Å². The maximum absolute atomic E-state index is 11.5. The molecule has 3 unspecified atom stereocenters. The Labute approximate surface area is 154 Å². The molecule has 26 heavy (non-hydrogen) atoms. The molecule has 3 atom stereocenters. The summed E-state index contributed by atoms with van der Waals surface area (Å²) in [6, 6.07) is 3.08. The quantitative estimate of drug-likeness (QED) is 0.572. The lowest BCUT2D eigenvalue weighted by Gasteiger charge is -2.34. The van der Waals surface area contributed by atoms with Crippen molar-refractivity contribution in [2.75, 3.05) is 7.11 Å². The molecule has 0 aromatic heterocycles. The van der Waals surface area contributed by atoms with Crippen molar-refractivity contribution in [1.82, 2.24) is 0 Å². The van der Waals surface area contributed by atoms with E-state index >= 15 is 0 Å². The average Bonchev–Trinajstić information content (AvgIpc) is 2.60. The number of benzene rings is 1. The Morgan fingerprint density at radius 2 is 2.04 bits per heavy atom. The number of carbonyl (C=O) groups excluding carboxylic acids is 1. The van der Waals surface area contributed by atoms with E-state index in [2.05, 4.69) is 13.8 Å². The lowest BCUT2D eigenvalue weighted by Crippen LogP contribution is -2.19. The number of esters is 1. The van der Waals surface area contributed by atoms with Crippen LogP contribution < -0.4 is 0 Å². The van der Waals surface area contributed by atoms with Crippen molar-refractivity contribution in [2.45, 2.75) is 58.3 Å². The van der Waals surface area contributed by atoms with E-state index in [1.807, 2.05) is 6.08 Å². The Bertz CT molecular complexity index is 719. The van der Waals surface area contributed by atoms with Crippen molar-refractivity contribution >= 4 is 11.9 Å². The Balaban J connectivity index is 2.22. The first-order chi connectivity index (χ1) is 12.3. The fourth-order valence-corrected chi connectivity index (χ4v) is 3.96. The topological polar surface area (TPSA) is 83.8 Å². The molecule has 2 rings (SSSR count). The molecule has 1 aromatic carbocycles. The van der Waals surface area contributed by atoms with Crippen molar-refractivity contribution in [1.29, 1.82) is 0 Å². The highest BCUT2D eigenvalue weighted by Crippen LogP contribution is 2.47. The molecule has 142 valence electrons. The van der Waals surface area contributed by atoms with Crippen molar-refractivity contribution < 1.29 is 24.5 Å². The highest BCUT2D eigenvalue weighted by atomic mass is 16.5. The van der Waals surface area contributed by atoms with Crippen molar-refractivity contribution in [3.63, 3.8) is 0 Å². The van der Waals surface area contributed by atoms with Crippen molar-refractivity contribution in [3.8, 4) is 5.75 Å². The molecule has 1 aliphatic carbocycles. The van der Waals surface area contributed by atoms with Gasteiger partial charge in [-0.15, -0.1) is 0 Å². The molecule has 0 amide bonds. The maximum atomic E-state index is 11.5. The number of carboxylic acid groups (broad SMARTS) is 1. The van der Waals surface area contributed by atoms with Crippen LogP contribution in [-0.2, 0) is 9.53 Å². The highest BCUT2D eigenvalue weighted by Gasteiger charge is 2.31. The second kappa shape index (κ2) is 8.39. The van der Waals surface area contributed by atoms with Crippen LogP contribution in [0.1, 0.15) is 79.8 Å². The van der Waals surface area contributed by atoms with Gasteiger partial charge in [0.15, 0.2) is 0 Å². The first-order valence-corrected chi connectivity index (χ1v) is 9.11. The number of ether oxygens (including phenoxy) is 1. The van der Waals surface area contributed by atoms with Gasteiger partial charge in [0, 0.05) is 11.1 Å². The zero-order valence-corrected chi connectivity index (χ0v) is 15.9. The van der Waals surface area contributed by atoms with E-state index in [1.54, 1.807) is 13.0 Å². The van der Waals surface area contributed by atoms with Gasteiger partial charge in [0.1, 0.15) is 5.75 Å². The normalized spacial score (nSPS) is 21.0. The number of aromatic carboxylic acids is 1. The summed E-state index contributed by atoms with van der Waals surface area (Å²) in [5.74, 6) is -0.511.